The molecule has 0 fully saturated rings. The van der Waals surface area contributed by atoms with Crippen molar-refractivity contribution in [3.63, 3.8) is 0 Å². The van der Waals surface area contributed by atoms with Gasteiger partial charge in [-0.2, -0.15) is 0 Å². The molecule has 0 saturated heterocycles. The second-order valence-electron chi connectivity index (χ2n) is 2.34. The number of rotatable bonds is 8. The fraction of sp³-hybridized carbons (Fsp3) is 0.750. The monoisotopic (exact) mass is 189 g/mol. The van der Waals surface area contributed by atoms with Crippen molar-refractivity contribution < 1.29 is 19.1 Å². The van der Waals surface area contributed by atoms with Crippen molar-refractivity contribution in [2.24, 2.45) is 0 Å². The van der Waals surface area contributed by atoms with Crippen molar-refractivity contribution in [3.05, 3.63) is 0 Å². The molecule has 0 aromatic rings. The zero-order valence-corrected chi connectivity index (χ0v) is 7.75. The third-order valence-electron chi connectivity index (χ3n) is 1.18. The van der Waals surface area contributed by atoms with Crippen LogP contribution in [-0.4, -0.2) is 45.2 Å². The van der Waals surface area contributed by atoms with E-state index >= 15 is 0 Å². The van der Waals surface area contributed by atoms with Gasteiger partial charge in [-0.1, -0.05) is 0 Å². The van der Waals surface area contributed by atoms with Gasteiger partial charge in [0.15, 0.2) is 0 Å². The zero-order chi connectivity index (χ0) is 9.94. The molecule has 0 aromatic carbocycles. The van der Waals surface area contributed by atoms with Gasteiger partial charge < -0.3 is 19.6 Å². The number of amides is 1. The summed E-state index contributed by atoms with van der Waals surface area (Å²) in [6.07, 6.45) is 0.692. The molecule has 0 saturated carbocycles. The fourth-order valence-electron chi connectivity index (χ4n) is 0.651. The number of aldehydes is 1. The predicted octanol–water partition coefficient (Wildman–Crippen LogP) is -0.645. The van der Waals surface area contributed by atoms with E-state index in [0.717, 1.165) is 0 Å². The third-order valence-corrected chi connectivity index (χ3v) is 1.18. The molecule has 0 aliphatic carbocycles. The first-order valence-corrected chi connectivity index (χ1v) is 4.11. The Kier molecular flexibility index (Phi) is 8.49. The third kappa shape index (κ3) is 11.1. The van der Waals surface area contributed by atoms with E-state index in [1.54, 1.807) is 0 Å². The minimum absolute atomic E-state index is 0.0687. The summed E-state index contributed by atoms with van der Waals surface area (Å²) in [6.45, 7) is 3.36. The Hall–Kier alpha value is -0.940. The molecule has 13 heavy (non-hydrogen) atoms. The summed E-state index contributed by atoms with van der Waals surface area (Å²) < 4.78 is 9.91. The summed E-state index contributed by atoms with van der Waals surface area (Å²) in [5, 5.41) is 2.59. The van der Waals surface area contributed by atoms with Gasteiger partial charge in [-0.05, 0) is 0 Å². The zero-order valence-electron chi connectivity index (χ0n) is 7.75. The molecular formula is C8H15NO4. The lowest BCUT2D eigenvalue weighted by atomic mass is 10.6. The average Bonchev–Trinajstić information content (AvgIpc) is 2.09. The second kappa shape index (κ2) is 9.15. The van der Waals surface area contributed by atoms with Crippen LogP contribution in [0, 0.1) is 0 Å². The molecule has 0 aliphatic heterocycles. The van der Waals surface area contributed by atoms with Crippen LogP contribution in [0.4, 0.5) is 0 Å². The molecule has 5 heteroatoms. The van der Waals surface area contributed by atoms with Gasteiger partial charge in [0.25, 0.3) is 0 Å². The summed E-state index contributed by atoms with van der Waals surface area (Å²) in [6, 6.07) is 0. The largest absolute Gasteiger partial charge is 0.377 e. The molecule has 0 atom stereocenters. The molecule has 0 heterocycles. The maximum absolute atomic E-state index is 10.4. The molecule has 1 amide bonds. The standard InChI is InChI=1S/C8H15NO4/c1-8(11)9-2-4-12-6-7-13-5-3-10/h3H,2,4-7H2,1H3,(H,9,11). The van der Waals surface area contributed by atoms with E-state index < -0.39 is 0 Å². The Labute approximate surface area is 77.4 Å². The van der Waals surface area contributed by atoms with E-state index in [1.807, 2.05) is 0 Å². The van der Waals surface area contributed by atoms with Crippen molar-refractivity contribution in [3.8, 4) is 0 Å². The highest BCUT2D eigenvalue weighted by atomic mass is 16.5. The van der Waals surface area contributed by atoms with Crippen LogP contribution < -0.4 is 5.32 Å². The molecule has 0 bridgehead atoms. The maximum atomic E-state index is 10.4. The summed E-state index contributed by atoms with van der Waals surface area (Å²) in [5.41, 5.74) is 0. The van der Waals surface area contributed by atoms with Crippen LogP contribution in [0.1, 0.15) is 6.92 Å². The minimum atomic E-state index is -0.0687. The first-order valence-electron chi connectivity index (χ1n) is 4.11. The maximum Gasteiger partial charge on any atom is 0.216 e. The van der Waals surface area contributed by atoms with Crippen molar-refractivity contribution in [2.75, 3.05) is 33.0 Å². The minimum Gasteiger partial charge on any atom is -0.377 e. The van der Waals surface area contributed by atoms with E-state index in [1.165, 1.54) is 6.92 Å². The van der Waals surface area contributed by atoms with Gasteiger partial charge in [0.1, 0.15) is 12.9 Å². The molecular weight excluding hydrogens is 174 g/mol. The number of hydrogen-bond acceptors (Lipinski definition) is 4. The van der Waals surface area contributed by atoms with Gasteiger partial charge in [-0.15, -0.1) is 0 Å². The highest BCUT2D eigenvalue weighted by Crippen LogP contribution is 1.76. The predicted molar refractivity (Wildman–Crippen MR) is 46.4 cm³/mol. The number of hydrogen-bond donors (Lipinski definition) is 1. The number of carbonyl (C=O) groups excluding carboxylic acids is 2. The van der Waals surface area contributed by atoms with Gasteiger partial charge in [0, 0.05) is 13.5 Å². The highest BCUT2D eigenvalue weighted by Gasteiger charge is 1.91. The van der Waals surface area contributed by atoms with Crippen molar-refractivity contribution in [1.82, 2.24) is 5.32 Å². The van der Waals surface area contributed by atoms with Crippen molar-refractivity contribution >= 4 is 12.2 Å². The second-order valence-corrected chi connectivity index (χ2v) is 2.34. The summed E-state index contributed by atoms with van der Waals surface area (Å²) >= 11 is 0. The number of ether oxygens (including phenoxy) is 2. The van der Waals surface area contributed by atoms with Gasteiger partial charge in [0.2, 0.25) is 5.91 Å². The van der Waals surface area contributed by atoms with Crippen LogP contribution in [0.2, 0.25) is 0 Å². The van der Waals surface area contributed by atoms with Crippen molar-refractivity contribution in [1.29, 1.82) is 0 Å². The fourth-order valence-corrected chi connectivity index (χ4v) is 0.651. The quantitative estimate of drug-likeness (QED) is 0.407. The lowest BCUT2D eigenvalue weighted by molar-refractivity contribution is -0.119. The summed E-state index contributed by atoms with van der Waals surface area (Å²) in [4.78, 5) is 20.2. The summed E-state index contributed by atoms with van der Waals surface area (Å²) in [5.74, 6) is -0.0687. The number of nitrogens with one attached hydrogen (secondary N) is 1. The van der Waals surface area contributed by atoms with Crippen LogP contribution in [0.25, 0.3) is 0 Å². The Morgan fingerprint density at radius 3 is 2.62 bits per heavy atom. The topological polar surface area (TPSA) is 64.6 Å². The average molecular weight is 189 g/mol. The Morgan fingerprint density at radius 1 is 1.31 bits per heavy atom. The lowest BCUT2D eigenvalue weighted by Crippen LogP contribution is -2.24. The molecule has 0 aromatic heterocycles. The molecule has 0 rings (SSSR count). The molecule has 76 valence electrons. The summed E-state index contributed by atoms with van der Waals surface area (Å²) in [7, 11) is 0. The van der Waals surface area contributed by atoms with E-state index in [9.17, 15) is 9.59 Å². The van der Waals surface area contributed by atoms with Gasteiger partial charge >= 0.3 is 0 Å². The van der Waals surface area contributed by atoms with Crippen LogP contribution >= 0.6 is 0 Å². The lowest BCUT2D eigenvalue weighted by Gasteiger charge is -2.04. The highest BCUT2D eigenvalue weighted by molar-refractivity contribution is 5.72. The molecule has 0 spiro atoms. The molecule has 5 nitrogen and oxygen atoms in total. The van der Waals surface area contributed by atoms with E-state index in [4.69, 9.17) is 9.47 Å². The normalized spacial score (nSPS) is 9.62. The van der Waals surface area contributed by atoms with Crippen molar-refractivity contribution in [2.45, 2.75) is 6.92 Å². The first kappa shape index (κ1) is 12.1. The Balaban J connectivity index is 2.91. The van der Waals surface area contributed by atoms with Crippen LogP contribution in [-0.2, 0) is 19.1 Å². The smallest absolute Gasteiger partial charge is 0.216 e. The SMILES string of the molecule is CC(=O)NCCOCCOCC=O. The van der Waals surface area contributed by atoms with Gasteiger partial charge in [-0.25, -0.2) is 0 Å². The molecule has 1 N–H and O–H groups in total. The van der Waals surface area contributed by atoms with E-state index in [0.29, 0.717) is 32.7 Å². The Bertz CT molecular complexity index is 149. The number of carbonyl (C=O) groups is 2. The van der Waals surface area contributed by atoms with Gasteiger partial charge in [0.05, 0.1) is 19.8 Å². The van der Waals surface area contributed by atoms with Crippen LogP contribution in [0.3, 0.4) is 0 Å². The van der Waals surface area contributed by atoms with Gasteiger partial charge in [-0.3, -0.25) is 4.79 Å². The molecule has 0 aliphatic rings. The van der Waals surface area contributed by atoms with Crippen LogP contribution in [0.15, 0.2) is 0 Å². The van der Waals surface area contributed by atoms with E-state index in [-0.39, 0.29) is 12.5 Å². The van der Waals surface area contributed by atoms with Crippen LogP contribution in [0.5, 0.6) is 0 Å². The molecule has 0 radical (unpaired) electrons. The molecule has 0 unspecified atom stereocenters. The van der Waals surface area contributed by atoms with E-state index in [2.05, 4.69) is 5.32 Å². The first-order chi connectivity index (χ1) is 6.27. The Morgan fingerprint density at radius 2 is 2.00 bits per heavy atom.